The molecule has 0 bridgehead atoms. The minimum Gasteiger partial charge on any atom is -0.342 e. The molecule has 6 nitrogen and oxygen atoms in total. The molecular weight excluding hydrogens is 388 g/mol. The summed E-state index contributed by atoms with van der Waals surface area (Å²) in [5.41, 5.74) is 1.75. The van der Waals surface area contributed by atoms with Gasteiger partial charge in [-0.05, 0) is 44.4 Å². The number of hydrogen-bond donors (Lipinski definition) is 1. The van der Waals surface area contributed by atoms with Crippen molar-refractivity contribution in [3.05, 3.63) is 28.8 Å². The highest BCUT2D eigenvalue weighted by Crippen LogP contribution is 2.21. The molecule has 2 amide bonds. The first kappa shape index (κ1) is 22.1. The number of carbonyl (C=O) groups excluding carboxylic acids is 2. The van der Waals surface area contributed by atoms with Crippen molar-refractivity contribution in [3.8, 4) is 0 Å². The lowest BCUT2D eigenvalue weighted by Crippen LogP contribution is -2.54. The Hall–Kier alpha value is -1.63. The number of benzene rings is 1. The predicted octanol–water partition coefficient (Wildman–Crippen LogP) is 3.00. The molecule has 1 aromatic carbocycles. The summed E-state index contributed by atoms with van der Waals surface area (Å²) in [7, 11) is 0. The van der Waals surface area contributed by atoms with Crippen molar-refractivity contribution >= 4 is 29.1 Å². The summed E-state index contributed by atoms with van der Waals surface area (Å²) in [6.07, 6.45) is 4.71. The molecule has 0 aliphatic carbocycles. The second kappa shape index (κ2) is 10.4. The van der Waals surface area contributed by atoms with Crippen LogP contribution in [0.25, 0.3) is 0 Å². The zero-order valence-electron chi connectivity index (χ0n) is 17.6. The third-order valence-corrected chi connectivity index (χ3v) is 6.34. The zero-order chi connectivity index (χ0) is 20.8. The number of aryl methyl sites for hydroxylation is 1. The lowest BCUT2D eigenvalue weighted by molar-refractivity contribution is -0.133. The fraction of sp³-hybridized carbons (Fsp3) is 0.636. The van der Waals surface area contributed by atoms with Gasteiger partial charge in [0.25, 0.3) is 0 Å². The first-order valence-electron chi connectivity index (χ1n) is 10.8. The summed E-state index contributed by atoms with van der Waals surface area (Å²) in [6, 6.07) is 5.29. The van der Waals surface area contributed by atoms with E-state index in [1.807, 2.05) is 30.9 Å². The fourth-order valence-corrected chi connectivity index (χ4v) is 4.22. The standard InChI is InChI=1S/C22H33ClN4O2/c1-17-7-8-19(23)15-20(17)24-22(29)18(2)26-13-11-25(12-14-26)16-21(28)27-9-5-3-4-6-10-27/h7-8,15,18H,3-6,9-14,16H2,1-2H3,(H,24,29)/t18-/m1/s1. The summed E-state index contributed by atoms with van der Waals surface area (Å²) in [4.78, 5) is 31.7. The van der Waals surface area contributed by atoms with Gasteiger partial charge in [0.1, 0.15) is 0 Å². The molecule has 1 aromatic rings. The highest BCUT2D eigenvalue weighted by Gasteiger charge is 2.27. The molecule has 2 saturated heterocycles. The van der Waals surface area contributed by atoms with Gasteiger partial charge in [-0.1, -0.05) is 30.5 Å². The minimum absolute atomic E-state index is 0.0236. The van der Waals surface area contributed by atoms with Gasteiger partial charge in [0, 0.05) is 50.0 Å². The van der Waals surface area contributed by atoms with Crippen molar-refractivity contribution in [2.45, 2.75) is 45.6 Å². The van der Waals surface area contributed by atoms with Crippen LogP contribution in [-0.2, 0) is 9.59 Å². The van der Waals surface area contributed by atoms with Crippen molar-refractivity contribution in [2.24, 2.45) is 0 Å². The number of rotatable bonds is 5. The lowest BCUT2D eigenvalue weighted by Gasteiger charge is -2.37. The normalized spacial score (nSPS) is 20.2. The van der Waals surface area contributed by atoms with Crippen LogP contribution in [0.2, 0.25) is 5.02 Å². The number of likely N-dealkylation sites (tertiary alicyclic amines) is 1. The van der Waals surface area contributed by atoms with Crippen molar-refractivity contribution in [1.82, 2.24) is 14.7 Å². The van der Waals surface area contributed by atoms with Gasteiger partial charge in [0.15, 0.2) is 0 Å². The van der Waals surface area contributed by atoms with Gasteiger partial charge in [-0.3, -0.25) is 19.4 Å². The molecule has 29 heavy (non-hydrogen) atoms. The van der Waals surface area contributed by atoms with E-state index in [-0.39, 0.29) is 17.9 Å². The molecule has 3 rings (SSSR count). The smallest absolute Gasteiger partial charge is 0.241 e. The second-order valence-electron chi connectivity index (χ2n) is 8.23. The Kier molecular flexibility index (Phi) is 7.92. The Morgan fingerprint density at radius 2 is 1.69 bits per heavy atom. The van der Waals surface area contributed by atoms with Crippen LogP contribution >= 0.6 is 11.6 Å². The quantitative estimate of drug-likeness (QED) is 0.795. The van der Waals surface area contributed by atoms with Crippen LogP contribution in [0.5, 0.6) is 0 Å². The Balaban J connectivity index is 1.46. The molecule has 0 saturated carbocycles. The maximum Gasteiger partial charge on any atom is 0.241 e. The molecule has 0 aromatic heterocycles. The van der Waals surface area contributed by atoms with Crippen LogP contribution in [0, 0.1) is 6.92 Å². The van der Waals surface area contributed by atoms with Gasteiger partial charge in [-0.15, -0.1) is 0 Å². The molecular formula is C22H33ClN4O2. The van der Waals surface area contributed by atoms with Crippen LogP contribution < -0.4 is 5.32 Å². The van der Waals surface area contributed by atoms with E-state index in [9.17, 15) is 9.59 Å². The van der Waals surface area contributed by atoms with Gasteiger partial charge in [0.05, 0.1) is 12.6 Å². The number of anilines is 1. The van der Waals surface area contributed by atoms with Crippen molar-refractivity contribution in [1.29, 1.82) is 0 Å². The van der Waals surface area contributed by atoms with Crippen LogP contribution in [0.15, 0.2) is 18.2 Å². The van der Waals surface area contributed by atoms with Gasteiger partial charge in [0.2, 0.25) is 11.8 Å². The van der Waals surface area contributed by atoms with E-state index < -0.39 is 0 Å². The Labute approximate surface area is 179 Å². The third kappa shape index (κ3) is 6.17. The van der Waals surface area contributed by atoms with Crippen LogP contribution in [0.1, 0.15) is 38.2 Å². The SMILES string of the molecule is Cc1ccc(Cl)cc1NC(=O)[C@@H](C)N1CCN(CC(=O)N2CCCCCC2)CC1. The van der Waals surface area contributed by atoms with E-state index >= 15 is 0 Å². The average Bonchev–Trinajstić information content (AvgIpc) is 3.00. The molecule has 2 fully saturated rings. The number of halogens is 1. The number of amides is 2. The predicted molar refractivity (Wildman–Crippen MR) is 117 cm³/mol. The molecule has 0 spiro atoms. The van der Waals surface area contributed by atoms with Crippen molar-refractivity contribution in [3.63, 3.8) is 0 Å². The van der Waals surface area contributed by atoms with E-state index in [0.717, 1.165) is 63.4 Å². The highest BCUT2D eigenvalue weighted by molar-refractivity contribution is 6.31. The van der Waals surface area contributed by atoms with E-state index in [1.54, 1.807) is 6.07 Å². The Bertz CT molecular complexity index is 711. The van der Waals surface area contributed by atoms with Gasteiger partial charge in [-0.2, -0.15) is 0 Å². The van der Waals surface area contributed by atoms with Gasteiger partial charge < -0.3 is 10.2 Å². The first-order valence-corrected chi connectivity index (χ1v) is 11.1. The molecule has 2 aliphatic heterocycles. The summed E-state index contributed by atoms with van der Waals surface area (Å²) in [5, 5.41) is 3.61. The average molecular weight is 421 g/mol. The topological polar surface area (TPSA) is 55.9 Å². The number of carbonyl (C=O) groups is 2. The maximum absolute atomic E-state index is 12.7. The molecule has 0 unspecified atom stereocenters. The third-order valence-electron chi connectivity index (χ3n) is 6.11. The van der Waals surface area contributed by atoms with E-state index in [0.29, 0.717) is 11.6 Å². The van der Waals surface area contributed by atoms with Crippen LogP contribution in [0.3, 0.4) is 0 Å². The van der Waals surface area contributed by atoms with Gasteiger partial charge >= 0.3 is 0 Å². The maximum atomic E-state index is 12.7. The van der Waals surface area contributed by atoms with E-state index in [4.69, 9.17) is 11.6 Å². The van der Waals surface area contributed by atoms with Crippen LogP contribution in [-0.4, -0.2) is 78.4 Å². The van der Waals surface area contributed by atoms with E-state index in [2.05, 4.69) is 15.1 Å². The van der Waals surface area contributed by atoms with E-state index in [1.165, 1.54) is 12.8 Å². The molecule has 7 heteroatoms. The number of piperazine rings is 1. The summed E-state index contributed by atoms with van der Waals surface area (Å²) < 4.78 is 0. The number of nitrogens with zero attached hydrogens (tertiary/aromatic N) is 3. The molecule has 160 valence electrons. The lowest BCUT2D eigenvalue weighted by atomic mass is 10.1. The first-order chi connectivity index (χ1) is 13.9. The largest absolute Gasteiger partial charge is 0.342 e. The Morgan fingerprint density at radius 1 is 1.03 bits per heavy atom. The van der Waals surface area contributed by atoms with Crippen LogP contribution in [0.4, 0.5) is 5.69 Å². The van der Waals surface area contributed by atoms with Crippen molar-refractivity contribution < 1.29 is 9.59 Å². The minimum atomic E-state index is -0.225. The summed E-state index contributed by atoms with van der Waals surface area (Å²) in [6.45, 7) is 9.39. The second-order valence-corrected chi connectivity index (χ2v) is 8.67. The number of nitrogens with one attached hydrogen (secondary N) is 1. The summed E-state index contributed by atoms with van der Waals surface area (Å²) >= 11 is 6.05. The molecule has 2 heterocycles. The molecule has 1 atom stereocenters. The molecule has 1 N–H and O–H groups in total. The van der Waals surface area contributed by atoms with Gasteiger partial charge in [-0.25, -0.2) is 0 Å². The number of hydrogen-bond acceptors (Lipinski definition) is 4. The summed E-state index contributed by atoms with van der Waals surface area (Å²) in [5.74, 6) is 0.229. The zero-order valence-corrected chi connectivity index (χ0v) is 18.4. The fourth-order valence-electron chi connectivity index (χ4n) is 4.05. The van der Waals surface area contributed by atoms with Crippen molar-refractivity contribution in [2.75, 3.05) is 51.1 Å². The molecule has 2 aliphatic rings. The highest BCUT2D eigenvalue weighted by atomic mass is 35.5. The molecule has 0 radical (unpaired) electrons. The Morgan fingerprint density at radius 3 is 2.34 bits per heavy atom. The monoisotopic (exact) mass is 420 g/mol.